The number of Topliss-reactive ketones (excluding diaryl/α,β-unsaturated/α-hetero) is 1. The van der Waals surface area contributed by atoms with Crippen LogP contribution in [-0.2, 0) is 4.74 Å². The number of ether oxygens (including phenoxy) is 1. The van der Waals surface area contributed by atoms with Gasteiger partial charge in [0, 0.05) is 19.2 Å². The molecule has 2 fully saturated rings. The number of nitrogens with zero attached hydrogens (tertiary/aromatic N) is 3. The van der Waals surface area contributed by atoms with Gasteiger partial charge in [0.25, 0.3) is 0 Å². The molecule has 0 saturated heterocycles. The van der Waals surface area contributed by atoms with Gasteiger partial charge in [-0.15, -0.1) is 0 Å². The quantitative estimate of drug-likeness (QED) is 0.855. The fraction of sp³-hybridized carbons (Fsp3) is 0.706. The van der Waals surface area contributed by atoms with Gasteiger partial charge in [0.1, 0.15) is 0 Å². The number of hydrogen-bond donors (Lipinski definition) is 0. The normalized spacial score (nSPS) is 28.4. The first-order valence-corrected chi connectivity index (χ1v) is 8.46. The highest BCUT2D eigenvalue weighted by atomic mass is 16.5. The maximum absolute atomic E-state index is 12.4. The molecule has 22 heavy (non-hydrogen) atoms. The van der Waals surface area contributed by atoms with Gasteiger partial charge in [-0.3, -0.25) is 4.79 Å². The van der Waals surface area contributed by atoms with Crippen molar-refractivity contribution in [1.82, 2.24) is 9.78 Å². The lowest BCUT2D eigenvalue weighted by Crippen LogP contribution is -2.30. The number of carbonyl (C=O) groups excluding carboxylic acids is 1. The molecule has 2 heterocycles. The molecule has 0 amide bonds. The molecule has 5 heteroatoms. The Labute approximate surface area is 130 Å². The van der Waals surface area contributed by atoms with Crippen molar-refractivity contribution >= 4 is 17.3 Å². The van der Waals surface area contributed by atoms with Crippen LogP contribution in [0.4, 0.5) is 5.82 Å². The first-order chi connectivity index (χ1) is 10.8. The van der Waals surface area contributed by atoms with E-state index in [9.17, 15) is 4.79 Å². The first kappa shape index (κ1) is 14.1. The SMILES string of the molecule is CO[C@H]1CCCC[C@H]1n1ncc2c1N=C(CC1CC1)CC2=O. The molecule has 1 aromatic rings. The van der Waals surface area contributed by atoms with E-state index in [2.05, 4.69) is 5.10 Å². The van der Waals surface area contributed by atoms with Crippen LogP contribution >= 0.6 is 0 Å². The van der Waals surface area contributed by atoms with Crippen LogP contribution in [0.15, 0.2) is 11.2 Å². The standard InChI is InChI=1S/C17H23N3O2/c1-22-16-5-3-2-4-14(16)20-17-13(10-18-20)15(21)9-12(19-17)8-11-6-7-11/h10-11,14,16H,2-9H2,1H3/t14-,16+/m1/s1. The maximum Gasteiger partial charge on any atom is 0.173 e. The van der Waals surface area contributed by atoms with Crippen LogP contribution in [0.2, 0.25) is 0 Å². The first-order valence-electron chi connectivity index (χ1n) is 8.46. The molecular weight excluding hydrogens is 278 g/mol. The summed E-state index contributed by atoms with van der Waals surface area (Å²) in [6, 6.07) is 0.208. The zero-order chi connectivity index (χ0) is 15.1. The third kappa shape index (κ3) is 2.51. The van der Waals surface area contributed by atoms with Gasteiger partial charge in [-0.25, -0.2) is 9.67 Å². The Bertz CT molecular complexity index is 615. The van der Waals surface area contributed by atoms with Crippen molar-refractivity contribution < 1.29 is 9.53 Å². The van der Waals surface area contributed by atoms with Gasteiger partial charge in [0.2, 0.25) is 0 Å². The smallest absolute Gasteiger partial charge is 0.173 e. The van der Waals surface area contributed by atoms with E-state index in [0.717, 1.165) is 36.7 Å². The lowest BCUT2D eigenvalue weighted by atomic mass is 9.92. The molecule has 0 unspecified atom stereocenters. The number of ketones is 1. The summed E-state index contributed by atoms with van der Waals surface area (Å²) in [6.07, 6.45) is 10.4. The summed E-state index contributed by atoms with van der Waals surface area (Å²) in [5.74, 6) is 1.71. The van der Waals surface area contributed by atoms with Gasteiger partial charge in [0.15, 0.2) is 11.6 Å². The van der Waals surface area contributed by atoms with Gasteiger partial charge in [-0.1, -0.05) is 12.8 Å². The molecule has 1 aliphatic heterocycles. The minimum atomic E-state index is 0.177. The Kier molecular flexibility index (Phi) is 3.60. The Hall–Kier alpha value is -1.49. The van der Waals surface area contributed by atoms with Crippen molar-refractivity contribution in [1.29, 1.82) is 0 Å². The predicted molar refractivity (Wildman–Crippen MR) is 83.9 cm³/mol. The van der Waals surface area contributed by atoms with Crippen molar-refractivity contribution in [3.05, 3.63) is 11.8 Å². The Morgan fingerprint density at radius 1 is 1.27 bits per heavy atom. The van der Waals surface area contributed by atoms with Crippen LogP contribution in [0.5, 0.6) is 0 Å². The molecule has 0 aromatic carbocycles. The molecule has 2 saturated carbocycles. The fourth-order valence-electron chi connectivity index (χ4n) is 3.78. The zero-order valence-electron chi connectivity index (χ0n) is 13.1. The van der Waals surface area contributed by atoms with Crippen molar-refractivity contribution in [2.75, 3.05) is 7.11 Å². The van der Waals surface area contributed by atoms with Crippen molar-refractivity contribution in [2.24, 2.45) is 10.9 Å². The van der Waals surface area contributed by atoms with E-state index in [1.165, 1.54) is 25.7 Å². The molecule has 2 atom stereocenters. The monoisotopic (exact) mass is 301 g/mol. The second-order valence-electron chi connectivity index (χ2n) is 6.88. The molecule has 0 N–H and O–H groups in total. The van der Waals surface area contributed by atoms with E-state index >= 15 is 0 Å². The van der Waals surface area contributed by atoms with Gasteiger partial charge < -0.3 is 4.74 Å². The second-order valence-corrected chi connectivity index (χ2v) is 6.88. The van der Waals surface area contributed by atoms with E-state index in [0.29, 0.717) is 12.0 Å². The minimum absolute atomic E-state index is 0.177. The summed E-state index contributed by atoms with van der Waals surface area (Å²) in [5.41, 5.74) is 1.74. The number of fused-ring (bicyclic) bond motifs is 1. The van der Waals surface area contributed by atoms with Gasteiger partial charge in [-0.05, 0) is 38.0 Å². The molecule has 2 aliphatic carbocycles. The largest absolute Gasteiger partial charge is 0.379 e. The van der Waals surface area contributed by atoms with Gasteiger partial charge in [0.05, 0.1) is 23.9 Å². The topological polar surface area (TPSA) is 56.5 Å². The Balaban J connectivity index is 1.67. The average molecular weight is 301 g/mol. The third-order valence-electron chi connectivity index (χ3n) is 5.20. The van der Waals surface area contributed by atoms with Crippen molar-refractivity contribution in [3.8, 4) is 0 Å². The summed E-state index contributed by atoms with van der Waals surface area (Å²) < 4.78 is 7.62. The lowest BCUT2D eigenvalue weighted by Gasteiger charge is -2.31. The van der Waals surface area contributed by atoms with E-state index in [1.54, 1.807) is 13.3 Å². The molecule has 0 radical (unpaired) electrons. The van der Waals surface area contributed by atoms with Gasteiger partial charge in [-0.2, -0.15) is 5.10 Å². The Morgan fingerprint density at radius 2 is 2.09 bits per heavy atom. The Morgan fingerprint density at radius 3 is 2.86 bits per heavy atom. The fourth-order valence-corrected chi connectivity index (χ4v) is 3.78. The lowest BCUT2D eigenvalue weighted by molar-refractivity contribution is 0.0252. The summed E-state index contributed by atoms with van der Waals surface area (Å²) in [5, 5.41) is 4.51. The highest BCUT2D eigenvalue weighted by Crippen LogP contribution is 2.39. The number of methoxy groups -OCH3 is 1. The van der Waals surface area contributed by atoms with Crippen molar-refractivity contribution in [3.63, 3.8) is 0 Å². The van der Waals surface area contributed by atoms with Crippen LogP contribution in [-0.4, -0.2) is 34.5 Å². The number of aliphatic imine (C=N–C) groups is 1. The molecule has 1 aromatic heterocycles. The maximum atomic E-state index is 12.4. The number of carbonyl (C=O) groups is 1. The van der Waals surface area contributed by atoms with Crippen LogP contribution in [0.1, 0.15) is 67.8 Å². The summed E-state index contributed by atoms with van der Waals surface area (Å²) in [4.78, 5) is 17.2. The molecule has 3 aliphatic rings. The predicted octanol–water partition coefficient (Wildman–Crippen LogP) is 3.47. The average Bonchev–Trinajstić information content (AvgIpc) is 3.24. The van der Waals surface area contributed by atoms with E-state index in [-0.39, 0.29) is 17.9 Å². The molecule has 118 valence electrons. The highest BCUT2D eigenvalue weighted by Gasteiger charge is 2.33. The van der Waals surface area contributed by atoms with E-state index in [4.69, 9.17) is 9.73 Å². The van der Waals surface area contributed by atoms with Crippen LogP contribution in [0.3, 0.4) is 0 Å². The summed E-state index contributed by atoms with van der Waals surface area (Å²) >= 11 is 0. The van der Waals surface area contributed by atoms with Crippen LogP contribution in [0.25, 0.3) is 0 Å². The van der Waals surface area contributed by atoms with E-state index in [1.807, 2.05) is 4.68 Å². The highest BCUT2D eigenvalue weighted by molar-refractivity contribution is 6.15. The molecule has 5 nitrogen and oxygen atoms in total. The third-order valence-corrected chi connectivity index (χ3v) is 5.20. The summed E-state index contributed by atoms with van der Waals surface area (Å²) in [6.45, 7) is 0. The van der Waals surface area contributed by atoms with E-state index < -0.39 is 0 Å². The minimum Gasteiger partial charge on any atom is -0.379 e. The van der Waals surface area contributed by atoms with Crippen molar-refractivity contribution in [2.45, 2.75) is 63.5 Å². The molecule has 0 bridgehead atoms. The number of hydrogen-bond acceptors (Lipinski definition) is 4. The zero-order valence-corrected chi connectivity index (χ0v) is 13.1. The molecule has 0 spiro atoms. The van der Waals surface area contributed by atoms with Crippen LogP contribution in [0, 0.1) is 5.92 Å². The molecule has 4 rings (SSSR count). The number of aromatic nitrogens is 2. The summed E-state index contributed by atoms with van der Waals surface area (Å²) in [7, 11) is 1.77. The molecular formula is C17H23N3O2. The van der Waals surface area contributed by atoms with Gasteiger partial charge >= 0.3 is 0 Å². The number of rotatable bonds is 4. The van der Waals surface area contributed by atoms with Crippen LogP contribution < -0.4 is 0 Å². The second kappa shape index (κ2) is 5.61.